The standard InChI is InChI=1S/C21H17ClN4O2/c1-13-11-15(14(2)25(13)19-10-6-4-8-17(19)22)12-23-26-20(27)16-7-3-5-9-18(16)24-21(26)28/h3-12H,1-2H3,(H,24,28). The van der Waals surface area contributed by atoms with Crippen LogP contribution in [0.3, 0.4) is 0 Å². The molecule has 0 atom stereocenters. The molecule has 7 heteroatoms. The molecule has 2 aromatic heterocycles. The summed E-state index contributed by atoms with van der Waals surface area (Å²) in [5.41, 5.74) is 2.96. The highest BCUT2D eigenvalue weighted by Crippen LogP contribution is 2.25. The maximum atomic E-state index is 12.6. The molecule has 0 radical (unpaired) electrons. The van der Waals surface area contributed by atoms with E-state index < -0.39 is 11.2 Å². The Hall–Kier alpha value is -3.38. The predicted octanol–water partition coefficient (Wildman–Crippen LogP) is 3.63. The molecule has 0 saturated heterocycles. The van der Waals surface area contributed by atoms with Gasteiger partial charge in [0.25, 0.3) is 5.56 Å². The largest absolute Gasteiger partial charge is 0.349 e. The minimum absolute atomic E-state index is 0.404. The molecule has 0 fully saturated rings. The molecule has 4 rings (SSSR count). The number of rotatable bonds is 3. The maximum Gasteiger partial charge on any atom is 0.349 e. The van der Waals surface area contributed by atoms with E-state index in [1.54, 1.807) is 24.3 Å². The molecule has 2 heterocycles. The molecule has 1 N–H and O–H groups in total. The Labute approximate surface area is 165 Å². The van der Waals surface area contributed by atoms with Crippen LogP contribution in [-0.2, 0) is 0 Å². The Bertz CT molecular complexity index is 1340. The van der Waals surface area contributed by atoms with Crippen molar-refractivity contribution in [2.75, 3.05) is 0 Å². The first-order valence-corrected chi connectivity index (χ1v) is 9.07. The van der Waals surface area contributed by atoms with E-state index in [1.165, 1.54) is 6.21 Å². The van der Waals surface area contributed by atoms with Crippen LogP contribution in [0.25, 0.3) is 16.6 Å². The monoisotopic (exact) mass is 392 g/mol. The minimum Gasteiger partial charge on any atom is -0.316 e. The van der Waals surface area contributed by atoms with Gasteiger partial charge < -0.3 is 9.55 Å². The first kappa shape index (κ1) is 18.0. The molecule has 0 bridgehead atoms. The number of benzene rings is 2. The number of aromatic nitrogens is 3. The van der Waals surface area contributed by atoms with Gasteiger partial charge in [-0.1, -0.05) is 35.9 Å². The highest BCUT2D eigenvalue weighted by atomic mass is 35.5. The lowest BCUT2D eigenvalue weighted by Gasteiger charge is -2.11. The van der Waals surface area contributed by atoms with Gasteiger partial charge in [0.15, 0.2) is 0 Å². The van der Waals surface area contributed by atoms with Gasteiger partial charge in [0.2, 0.25) is 0 Å². The summed E-state index contributed by atoms with van der Waals surface area (Å²) in [4.78, 5) is 27.5. The molecule has 0 unspecified atom stereocenters. The lowest BCUT2D eigenvalue weighted by Crippen LogP contribution is -2.32. The first-order chi connectivity index (χ1) is 13.5. The zero-order valence-corrected chi connectivity index (χ0v) is 16.1. The van der Waals surface area contributed by atoms with Crippen LogP contribution in [0.2, 0.25) is 5.02 Å². The zero-order valence-electron chi connectivity index (χ0n) is 15.3. The smallest absolute Gasteiger partial charge is 0.316 e. The average Bonchev–Trinajstić information content (AvgIpc) is 2.95. The average molecular weight is 393 g/mol. The van der Waals surface area contributed by atoms with Gasteiger partial charge in [0.05, 0.1) is 27.8 Å². The number of hydrogen-bond acceptors (Lipinski definition) is 3. The highest BCUT2D eigenvalue weighted by molar-refractivity contribution is 6.32. The maximum absolute atomic E-state index is 12.6. The molecule has 6 nitrogen and oxygen atoms in total. The summed E-state index contributed by atoms with van der Waals surface area (Å²) in [5.74, 6) is 0. The summed E-state index contributed by atoms with van der Waals surface area (Å²) >= 11 is 6.34. The summed E-state index contributed by atoms with van der Waals surface area (Å²) < 4.78 is 2.85. The van der Waals surface area contributed by atoms with Crippen molar-refractivity contribution in [2.45, 2.75) is 13.8 Å². The molecule has 0 spiro atoms. The van der Waals surface area contributed by atoms with Crippen molar-refractivity contribution < 1.29 is 0 Å². The van der Waals surface area contributed by atoms with Crippen molar-refractivity contribution in [2.24, 2.45) is 5.10 Å². The third-order valence-corrected chi connectivity index (χ3v) is 4.98. The SMILES string of the molecule is Cc1cc(C=Nn2c(=O)[nH]c3ccccc3c2=O)c(C)n1-c1ccccc1Cl. The van der Waals surface area contributed by atoms with E-state index in [2.05, 4.69) is 10.1 Å². The van der Waals surface area contributed by atoms with Crippen molar-refractivity contribution >= 4 is 28.7 Å². The van der Waals surface area contributed by atoms with Crippen LogP contribution in [0.15, 0.2) is 69.3 Å². The summed E-state index contributed by atoms with van der Waals surface area (Å²) in [5, 5.41) is 5.18. The molecule has 28 heavy (non-hydrogen) atoms. The second-order valence-electron chi connectivity index (χ2n) is 6.45. The number of para-hydroxylation sites is 2. The Balaban J connectivity index is 1.81. The quantitative estimate of drug-likeness (QED) is 0.541. The van der Waals surface area contributed by atoms with Gasteiger partial charge in [-0.25, -0.2) is 4.79 Å². The van der Waals surface area contributed by atoms with Crippen LogP contribution in [0.4, 0.5) is 0 Å². The van der Waals surface area contributed by atoms with E-state index in [-0.39, 0.29) is 0 Å². The van der Waals surface area contributed by atoms with E-state index in [9.17, 15) is 9.59 Å². The van der Waals surface area contributed by atoms with Crippen molar-refractivity contribution in [1.82, 2.24) is 14.2 Å². The van der Waals surface area contributed by atoms with Crippen LogP contribution < -0.4 is 11.2 Å². The first-order valence-electron chi connectivity index (χ1n) is 8.69. The fourth-order valence-corrected chi connectivity index (χ4v) is 3.52. The second kappa shape index (κ2) is 6.98. The van der Waals surface area contributed by atoms with Crippen molar-refractivity contribution in [3.63, 3.8) is 0 Å². The molecule has 2 aromatic carbocycles. The van der Waals surface area contributed by atoms with E-state index in [4.69, 9.17) is 11.6 Å². The van der Waals surface area contributed by atoms with Crippen molar-refractivity contribution in [3.05, 3.63) is 97.4 Å². The molecule has 4 aromatic rings. The summed E-state index contributed by atoms with van der Waals surface area (Å²) in [6, 6.07) is 16.3. The lowest BCUT2D eigenvalue weighted by molar-refractivity contribution is 0.771. The Morgan fingerprint density at radius 3 is 2.54 bits per heavy atom. The van der Waals surface area contributed by atoms with Crippen LogP contribution in [0, 0.1) is 13.8 Å². The molecule has 0 aliphatic rings. The second-order valence-corrected chi connectivity index (χ2v) is 6.86. The Kier molecular flexibility index (Phi) is 4.49. The fourth-order valence-electron chi connectivity index (χ4n) is 3.30. The number of nitrogens with one attached hydrogen (secondary N) is 1. The molecular formula is C21H17ClN4O2. The van der Waals surface area contributed by atoms with Crippen molar-refractivity contribution in [1.29, 1.82) is 0 Å². The summed E-state index contributed by atoms with van der Waals surface area (Å²) in [6.07, 6.45) is 1.51. The molecule has 0 aliphatic carbocycles. The minimum atomic E-state index is -0.583. The van der Waals surface area contributed by atoms with E-state index in [0.29, 0.717) is 15.9 Å². The Morgan fingerprint density at radius 1 is 1.04 bits per heavy atom. The van der Waals surface area contributed by atoms with Crippen molar-refractivity contribution in [3.8, 4) is 5.69 Å². The summed E-state index contributed by atoms with van der Waals surface area (Å²) in [7, 11) is 0. The van der Waals surface area contributed by atoms with E-state index in [1.807, 2.05) is 48.7 Å². The normalized spacial score (nSPS) is 11.5. The number of aryl methyl sites for hydroxylation is 1. The number of nitrogens with zero attached hydrogens (tertiary/aromatic N) is 3. The van der Waals surface area contributed by atoms with Crippen LogP contribution in [-0.4, -0.2) is 20.4 Å². The van der Waals surface area contributed by atoms with Crippen LogP contribution in [0.1, 0.15) is 17.0 Å². The van der Waals surface area contributed by atoms with Gasteiger partial charge in [0.1, 0.15) is 0 Å². The predicted molar refractivity (Wildman–Crippen MR) is 112 cm³/mol. The van der Waals surface area contributed by atoms with Gasteiger partial charge >= 0.3 is 5.69 Å². The van der Waals surface area contributed by atoms with Gasteiger partial charge in [0, 0.05) is 17.0 Å². The fraction of sp³-hybridized carbons (Fsp3) is 0.0952. The van der Waals surface area contributed by atoms with Crippen LogP contribution in [0.5, 0.6) is 0 Å². The number of hydrogen-bond donors (Lipinski definition) is 1. The lowest BCUT2D eigenvalue weighted by atomic mass is 10.2. The number of H-pyrrole nitrogens is 1. The number of aromatic amines is 1. The summed E-state index contributed by atoms with van der Waals surface area (Å²) in [6.45, 7) is 3.90. The molecule has 0 aliphatic heterocycles. The molecule has 0 saturated carbocycles. The number of fused-ring (bicyclic) bond motifs is 1. The molecule has 140 valence electrons. The third-order valence-electron chi connectivity index (χ3n) is 4.66. The number of halogens is 1. The van der Waals surface area contributed by atoms with E-state index in [0.717, 1.165) is 27.3 Å². The van der Waals surface area contributed by atoms with E-state index >= 15 is 0 Å². The highest BCUT2D eigenvalue weighted by Gasteiger charge is 2.12. The van der Waals surface area contributed by atoms with Gasteiger partial charge in [-0.15, -0.1) is 4.68 Å². The molecule has 0 amide bonds. The molecular weight excluding hydrogens is 376 g/mol. The van der Waals surface area contributed by atoms with Gasteiger partial charge in [-0.3, -0.25) is 4.79 Å². The van der Waals surface area contributed by atoms with Gasteiger partial charge in [-0.2, -0.15) is 5.10 Å². The van der Waals surface area contributed by atoms with Gasteiger partial charge in [-0.05, 0) is 44.2 Å². The Morgan fingerprint density at radius 2 is 1.75 bits per heavy atom. The third kappa shape index (κ3) is 2.97. The zero-order chi connectivity index (χ0) is 19.8. The van der Waals surface area contributed by atoms with Crippen LogP contribution >= 0.6 is 11.6 Å². The topological polar surface area (TPSA) is 72.2 Å².